The molecule has 0 bridgehead atoms. The van der Waals surface area contributed by atoms with E-state index in [4.69, 9.17) is 0 Å². The van der Waals surface area contributed by atoms with Gasteiger partial charge in [-0.25, -0.2) is 9.97 Å². The summed E-state index contributed by atoms with van der Waals surface area (Å²) in [6.07, 6.45) is 1.03. The van der Waals surface area contributed by atoms with Crippen LogP contribution in [0.1, 0.15) is 31.7 Å². The summed E-state index contributed by atoms with van der Waals surface area (Å²) in [6, 6.07) is 0. The molecule has 20 heavy (non-hydrogen) atoms. The molecular weight excluding hydrogens is 254 g/mol. The lowest BCUT2D eigenvalue weighted by molar-refractivity contribution is -0.127. The lowest BCUT2D eigenvalue weighted by atomic mass is 10.3. The summed E-state index contributed by atoms with van der Waals surface area (Å²) in [6.45, 7) is 9.67. The smallest absolute Gasteiger partial charge is 0.241 e. The second kappa shape index (κ2) is 7.67. The number of carbonyl (C=O) groups is 1. The van der Waals surface area contributed by atoms with E-state index in [0.29, 0.717) is 18.2 Å². The normalized spacial score (nSPS) is 10.2. The molecule has 1 aromatic rings. The van der Waals surface area contributed by atoms with Crippen molar-refractivity contribution in [2.24, 2.45) is 0 Å². The van der Waals surface area contributed by atoms with Crippen LogP contribution in [-0.4, -0.2) is 47.5 Å². The lowest BCUT2D eigenvalue weighted by Gasteiger charge is -2.17. The number of nitrogens with one attached hydrogen (secondary N) is 2. The van der Waals surface area contributed by atoms with Crippen LogP contribution >= 0.6 is 0 Å². The third-order valence-corrected chi connectivity index (χ3v) is 3.11. The lowest BCUT2D eigenvalue weighted by Crippen LogP contribution is -2.32. The molecule has 1 rings (SSSR count). The Morgan fingerprint density at radius 3 is 2.30 bits per heavy atom. The molecule has 0 aliphatic rings. The highest BCUT2D eigenvalue weighted by Crippen LogP contribution is 2.19. The minimum Gasteiger partial charge on any atom is -0.370 e. The van der Waals surface area contributed by atoms with Crippen LogP contribution in [0, 0.1) is 13.8 Å². The topological polar surface area (TPSA) is 70.1 Å². The van der Waals surface area contributed by atoms with Gasteiger partial charge < -0.3 is 15.5 Å². The average Bonchev–Trinajstić information content (AvgIpc) is 2.44. The van der Waals surface area contributed by atoms with E-state index in [2.05, 4.69) is 27.5 Å². The molecule has 0 aromatic carbocycles. The molecular formula is C14H25N5O. The molecule has 0 atom stereocenters. The van der Waals surface area contributed by atoms with E-state index in [9.17, 15) is 4.79 Å². The van der Waals surface area contributed by atoms with Gasteiger partial charge in [-0.1, -0.05) is 6.92 Å². The van der Waals surface area contributed by atoms with Crippen LogP contribution in [0.5, 0.6) is 0 Å². The molecule has 0 fully saturated rings. The zero-order valence-electron chi connectivity index (χ0n) is 13.1. The molecule has 1 amide bonds. The summed E-state index contributed by atoms with van der Waals surface area (Å²) in [5.74, 6) is 2.28. The van der Waals surface area contributed by atoms with Crippen molar-refractivity contribution in [3.05, 3.63) is 11.4 Å². The first-order valence-corrected chi connectivity index (χ1v) is 7.06. The molecule has 2 N–H and O–H groups in total. The number of amides is 1. The first-order chi connectivity index (χ1) is 9.49. The van der Waals surface area contributed by atoms with Gasteiger partial charge in [0.1, 0.15) is 17.5 Å². The molecule has 6 nitrogen and oxygen atoms in total. The largest absolute Gasteiger partial charge is 0.370 e. The molecule has 1 aromatic heterocycles. The number of likely N-dealkylation sites (N-methyl/N-ethyl adjacent to an activating group) is 1. The Bertz CT molecular complexity index is 461. The fourth-order valence-corrected chi connectivity index (χ4v) is 1.69. The highest BCUT2D eigenvalue weighted by Gasteiger charge is 2.11. The highest BCUT2D eigenvalue weighted by molar-refractivity contribution is 5.80. The average molecular weight is 279 g/mol. The summed E-state index contributed by atoms with van der Waals surface area (Å²) in [5, 5.41) is 6.38. The summed E-state index contributed by atoms with van der Waals surface area (Å²) in [7, 11) is 1.79. The zero-order valence-corrected chi connectivity index (χ0v) is 13.1. The van der Waals surface area contributed by atoms with Crippen LogP contribution < -0.4 is 10.6 Å². The van der Waals surface area contributed by atoms with Crippen molar-refractivity contribution in [2.45, 2.75) is 34.1 Å². The van der Waals surface area contributed by atoms with Gasteiger partial charge in [0.05, 0.1) is 6.54 Å². The van der Waals surface area contributed by atoms with Crippen LogP contribution in [0.25, 0.3) is 0 Å². The Labute approximate surface area is 121 Å². The molecule has 112 valence electrons. The van der Waals surface area contributed by atoms with E-state index in [1.54, 1.807) is 11.9 Å². The molecule has 0 saturated carbocycles. The maximum absolute atomic E-state index is 11.8. The van der Waals surface area contributed by atoms with Gasteiger partial charge in [-0.05, 0) is 27.2 Å². The van der Waals surface area contributed by atoms with Crippen LogP contribution in [0.15, 0.2) is 0 Å². The third kappa shape index (κ3) is 4.36. The number of carbonyl (C=O) groups excluding carboxylic acids is 1. The van der Waals surface area contributed by atoms with Gasteiger partial charge in [0.2, 0.25) is 5.91 Å². The molecule has 0 spiro atoms. The summed E-state index contributed by atoms with van der Waals surface area (Å²) < 4.78 is 0. The van der Waals surface area contributed by atoms with Crippen molar-refractivity contribution in [1.29, 1.82) is 0 Å². The highest BCUT2D eigenvalue weighted by atomic mass is 16.2. The van der Waals surface area contributed by atoms with Crippen molar-refractivity contribution < 1.29 is 4.79 Å². The minimum absolute atomic E-state index is 0.0474. The number of hydrogen-bond donors (Lipinski definition) is 2. The predicted molar refractivity (Wildman–Crippen MR) is 82.1 cm³/mol. The molecule has 0 aliphatic carbocycles. The summed E-state index contributed by atoms with van der Waals surface area (Å²) in [5.41, 5.74) is 0.941. The van der Waals surface area contributed by atoms with Gasteiger partial charge in [-0.2, -0.15) is 0 Å². The van der Waals surface area contributed by atoms with Crippen molar-refractivity contribution in [1.82, 2.24) is 14.9 Å². The standard InChI is InChI=1S/C14H25N5O/c1-6-8-15-13-10(3)14(18-11(4)17-13)16-9-12(20)19(5)7-2/h6-9H2,1-5H3,(H2,15,16,17,18). The molecule has 0 unspecified atom stereocenters. The van der Waals surface area contributed by atoms with Crippen molar-refractivity contribution in [3.63, 3.8) is 0 Å². The summed E-state index contributed by atoms with van der Waals surface area (Å²) in [4.78, 5) is 22.2. The molecule has 1 heterocycles. The van der Waals surface area contributed by atoms with E-state index < -0.39 is 0 Å². The summed E-state index contributed by atoms with van der Waals surface area (Å²) >= 11 is 0. The number of hydrogen-bond acceptors (Lipinski definition) is 5. The first-order valence-electron chi connectivity index (χ1n) is 7.06. The monoisotopic (exact) mass is 279 g/mol. The van der Waals surface area contributed by atoms with Gasteiger partial charge in [0.25, 0.3) is 0 Å². The van der Waals surface area contributed by atoms with Crippen LogP contribution in [0.4, 0.5) is 11.6 Å². The number of aryl methyl sites for hydroxylation is 1. The Morgan fingerprint density at radius 1 is 1.15 bits per heavy atom. The van der Waals surface area contributed by atoms with Crippen molar-refractivity contribution in [3.8, 4) is 0 Å². The SMILES string of the molecule is CCCNc1nc(C)nc(NCC(=O)N(C)CC)c1C. The minimum atomic E-state index is 0.0474. The zero-order chi connectivity index (χ0) is 15.1. The third-order valence-electron chi connectivity index (χ3n) is 3.11. The first kappa shape index (κ1) is 16.2. The fourth-order valence-electron chi connectivity index (χ4n) is 1.69. The van der Waals surface area contributed by atoms with E-state index >= 15 is 0 Å². The number of aromatic nitrogens is 2. The van der Waals surface area contributed by atoms with Crippen LogP contribution in [0.3, 0.4) is 0 Å². The molecule has 0 radical (unpaired) electrons. The van der Waals surface area contributed by atoms with Crippen LogP contribution in [0.2, 0.25) is 0 Å². The fraction of sp³-hybridized carbons (Fsp3) is 0.643. The van der Waals surface area contributed by atoms with Gasteiger partial charge in [-0.15, -0.1) is 0 Å². The molecule has 6 heteroatoms. The molecule has 0 aliphatic heterocycles. The van der Waals surface area contributed by atoms with Gasteiger partial charge in [0.15, 0.2) is 0 Å². The Morgan fingerprint density at radius 2 is 1.75 bits per heavy atom. The number of anilines is 2. The number of rotatable bonds is 7. The van der Waals surface area contributed by atoms with Gasteiger partial charge >= 0.3 is 0 Å². The van der Waals surface area contributed by atoms with E-state index in [1.165, 1.54) is 0 Å². The van der Waals surface area contributed by atoms with Crippen LogP contribution in [-0.2, 0) is 4.79 Å². The number of nitrogens with zero attached hydrogens (tertiary/aromatic N) is 3. The predicted octanol–water partition coefficient (Wildman–Crippen LogP) is 1.81. The Hall–Kier alpha value is -1.85. The molecule has 0 saturated heterocycles. The van der Waals surface area contributed by atoms with E-state index in [1.807, 2.05) is 20.8 Å². The maximum Gasteiger partial charge on any atom is 0.241 e. The van der Waals surface area contributed by atoms with E-state index in [0.717, 1.165) is 24.3 Å². The maximum atomic E-state index is 11.8. The van der Waals surface area contributed by atoms with Gasteiger partial charge in [-0.3, -0.25) is 4.79 Å². The Balaban J connectivity index is 2.79. The Kier molecular flexibility index (Phi) is 6.21. The second-order valence-electron chi connectivity index (χ2n) is 4.78. The second-order valence-corrected chi connectivity index (χ2v) is 4.78. The van der Waals surface area contributed by atoms with E-state index in [-0.39, 0.29) is 12.5 Å². The van der Waals surface area contributed by atoms with Crippen molar-refractivity contribution >= 4 is 17.5 Å². The van der Waals surface area contributed by atoms with Crippen molar-refractivity contribution in [2.75, 3.05) is 37.3 Å². The van der Waals surface area contributed by atoms with Gasteiger partial charge in [0, 0.05) is 25.7 Å². The quantitative estimate of drug-likeness (QED) is 0.796.